The monoisotopic (exact) mass is 226 g/mol. The van der Waals surface area contributed by atoms with Crippen molar-refractivity contribution in [2.24, 2.45) is 5.92 Å². The van der Waals surface area contributed by atoms with Gasteiger partial charge in [0.15, 0.2) is 0 Å². The van der Waals surface area contributed by atoms with Gasteiger partial charge >= 0.3 is 0 Å². The first-order chi connectivity index (χ1) is 7.22. The Labute approximate surface area is 95.6 Å². The van der Waals surface area contributed by atoms with Crippen LogP contribution in [0.3, 0.4) is 0 Å². The second-order valence-electron chi connectivity index (χ2n) is 4.09. The highest BCUT2D eigenvalue weighted by Gasteiger charge is 2.17. The molecule has 84 valence electrons. The Balaban J connectivity index is 2.20. The molecule has 1 rings (SSSR count). The molecule has 1 atom stereocenters. The molecule has 15 heavy (non-hydrogen) atoms. The van der Waals surface area contributed by atoms with Gasteiger partial charge in [0, 0.05) is 12.5 Å². The van der Waals surface area contributed by atoms with Crippen LogP contribution >= 0.6 is 11.8 Å². The van der Waals surface area contributed by atoms with E-state index in [9.17, 15) is 4.79 Å². The molecule has 0 aromatic carbocycles. The maximum absolute atomic E-state index is 11.6. The van der Waals surface area contributed by atoms with Crippen molar-refractivity contribution in [2.45, 2.75) is 38.6 Å². The summed E-state index contributed by atoms with van der Waals surface area (Å²) in [6, 6.07) is 2.04. The van der Waals surface area contributed by atoms with Crippen LogP contribution in [0.25, 0.3) is 0 Å². The number of nitrogens with one attached hydrogen (secondary N) is 1. The van der Waals surface area contributed by atoms with Crippen LogP contribution in [0.5, 0.6) is 0 Å². The Bertz CT molecular complexity index is 243. The molecule has 3 nitrogen and oxygen atoms in total. The van der Waals surface area contributed by atoms with Crippen LogP contribution in [-0.2, 0) is 4.79 Å². The molecular weight excluding hydrogens is 208 g/mol. The molecule has 0 aromatic rings. The fourth-order valence-corrected chi connectivity index (χ4v) is 2.94. The molecule has 1 aliphatic heterocycles. The van der Waals surface area contributed by atoms with Gasteiger partial charge in [0.05, 0.1) is 12.5 Å². The number of nitrogens with zero attached hydrogens (tertiary/aromatic N) is 1. The Morgan fingerprint density at radius 3 is 2.87 bits per heavy atom. The third-order valence-electron chi connectivity index (χ3n) is 2.62. The molecule has 1 saturated heterocycles. The zero-order chi connectivity index (χ0) is 11.1. The molecule has 0 bridgehead atoms. The third kappa shape index (κ3) is 5.08. The van der Waals surface area contributed by atoms with Crippen LogP contribution in [0.1, 0.15) is 32.6 Å². The number of hydrogen-bond acceptors (Lipinski definition) is 3. The molecule has 4 heteroatoms. The Morgan fingerprint density at radius 2 is 2.27 bits per heavy atom. The average Bonchev–Trinajstić information content (AvgIpc) is 2.19. The maximum atomic E-state index is 11.6. The van der Waals surface area contributed by atoms with Crippen LogP contribution in [0.4, 0.5) is 0 Å². The molecule has 1 aliphatic rings. The molecule has 1 amide bonds. The third-order valence-corrected chi connectivity index (χ3v) is 3.67. The first-order valence-corrected chi connectivity index (χ1v) is 6.62. The predicted molar refractivity (Wildman–Crippen MR) is 62.5 cm³/mol. The zero-order valence-corrected chi connectivity index (χ0v) is 9.98. The summed E-state index contributed by atoms with van der Waals surface area (Å²) >= 11 is 1.97. The fourth-order valence-electron chi connectivity index (χ4n) is 1.73. The number of amides is 1. The van der Waals surface area contributed by atoms with Gasteiger partial charge in [-0.2, -0.15) is 17.0 Å². The Hall–Kier alpha value is -0.690. The summed E-state index contributed by atoms with van der Waals surface area (Å²) < 4.78 is 0. The van der Waals surface area contributed by atoms with Gasteiger partial charge in [-0.15, -0.1) is 0 Å². The number of thioether (sulfide) groups is 1. The van der Waals surface area contributed by atoms with Crippen molar-refractivity contribution in [3.63, 3.8) is 0 Å². The lowest BCUT2D eigenvalue weighted by Crippen LogP contribution is -2.33. The van der Waals surface area contributed by atoms with E-state index < -0.39 is 0 Å². The van der Waals surface area contributed by atoms with Gasteiger partial charge in [0.2, 0.25) is 5.91 Å². The number of rotatable bonds is 4. The van der Waals surface area contributed by atoms with E-state index in [1.165, 1.54) is 11.5 Å². The lowest BCUT2D eigenvalue weighted by Gasteiger charge is -2.21. The van der Waals surface area contributed by atoms with Crippen LogP contribution in [0.15, 0.2) is 0 Å². The Morgan fingerprint density at radius 1 is 1.60 bits per heavy atom. The first kappa shape index (κ1) is 12.4. The SMILES string of the molecule is CC(CC#N)NC(=O)CC1CCSCC1. The topological polar surface area (TPSA) is 52.9 Å². The average molecular weight is 226 g/mol. The van der Waals surface area contributed by atoms with Gasteiger partial charge in [0.25, 0.3) is 0 Å². The molecule has 0 saturated carbocycles. The van der Waals surface area contributed by atoms with E-state index in [0.717, 1.165) is 12.8 Å². The van der Waals surface area contributed by atoms with Gasteiger partial charge in [-0.05, 0) is 37.2 Å². The number of hydrogen-bond donors (Lipinski definition) is 1. The van der Waals surface area contributed by atoms with Gasteiger partial charge in [-0.1, -0.05) is 0 Å². The van der Waals surface area contributed by atoms with Gasteiger partial charge < -0.3 is 5.32 Å². The number of carbonyl (C=O) groups is 1. The summed E-state index contributed by atoms with van der Waals surface area (Å²) in [5.41, 5.74) is 0. The molecule has 1 fully saturated rings. The van der Waals surface area contributed by atoms with E-state index >= 15 is 0 Å². The lowest BCUT2D eigenvalue weighted by molar-refractivity contribution is -0.122. The zero-order valence-electron chi connectivity index (χ0n) is 9.16. The second-order valence-corrected chi connectivity index (χ2v) is 5.32. The van der Waals surface area contributed by atoms with E-state index in [-0.39, 0.29) is 11.9 Å². The fraction of sp³-hybridized carbons (Fsp3) is 0.818. The first-order valence-electron chi connectivity index (χ1n) is 5.46. The van der Waals surface area contributed by atoms with Crippen molar-refractivity contribution in [3.8, 4) is 6.07 Å². The molecule has 1 heterocycles. The van der Waals surface area contributed by atoms with Crippen molar-refractivity contribution in [1.82, 2.24) is 5.32 Å². The minimum Gasteiger partial charge on any atom is -0.353 e. The summed E-state index contributed by atoms with van der Waals surface area (Å²) in [5, 5.41) is 11.3. The standard InChI is InChI=1S/C11H18N2OS/c1-9(2-5-12)13-11(14)8-10-3-6-15-7-4-10/h9-10H,2-4,6-8H2,1H3,(H,13,14). The van der Waals surface area contributed by atoms with E-state index in [0.29, 0.717) is 18.8 Å². The van der Waals surface area contributed by atoms with E-state index in [1.54, 1.807) is 0 Å². The van der Waals surface area contributed by atoms with Crippen LogP contribution in [-0.4, -0.2) is 23.5 Å². The van der Waals surface area contributed by atoms with Crippen molar-refractivity contribution in [2.75, 3.05) is 11.5 Å². The summed E-state index contributed by atoms with van der Waals surface area (Å²) in [4.78, 5) is 11.6. The minimum atomic E-state index is -0.0135. The van der Waals surface area contributed by atoms with Gasteiger partial charge in [-0.25, -0.2) is 0 Å². The van der Waals surface area contributed by atoms with Crippen molar-refractivity contribution >= 4 is 17.7 Å². The highest BCUT2D eigenvalue weighted by atomic mass is 32.2. The van der Waals surface area contributed by atoms with E-state index in [2.05, 4.69) is 11.4 Å². The smallest absolute Gasteiger partial charge is 0.220 e. The summed E-state index contributed by atoms with van der Waals surface area (Å²) in [7, 11) is 0. The molecule has 1 N–H and O–H groups in total. The highest BCUT2D eigenvalue weighted by Crippen LogP contribution is 2.25. The molecule has 1 unspecified atom stereocenters. The largest absolute Gasteiger partial charge is 0.353 e. The normalized spacial score (nSPS) is 19.2. The second kappa shape index (κ2) is 6.73. The highest BCUT2D eigenvalue weighted by molar-refractivity contribution is 7.99. The van der Waals surface area contributed by atoms with Crippen LogP contribution in [0, 0.1) is 17.2 Å². The number of carbonyl (C=O) groups excluding carboxylic acids is 1. The van der Waals surface area contributed by atoms with Gasteiger partial charge in [0.1, 0.15) is 0 Å². The van der Waals surface area contributed by atoms with E-state index in [4.69, 9.17) is 5.26 Å². The molecule has 0 aliphatic carbocycles. The number of nitriles is 1. The van der Waals surface area contributed by atoms with Crippen molar-refractivity contribution in [3.05, 3.63) is 0 Å². The van der Waals surface area contributed by atoms with Crippen molar-refractivity contribution < 1.29 is 4.79 Å². The van der Waals surface area contributed by atoms with Gasteiger partial charge in [-0.3, -0.25) is 4.79 Å². The molecule has 0 aromatic heterocycles. The Kier molecular flexibility index (Phi) is 5.56. The summed E-state index contributed by atoms with van der Waals surface area (Å²) in [5.74, 6) is 3.03. The van der Waals surface area contributed by atoms with Crippen LogP contribution in [0.2, 0.25) is 0 Å². The summed E-state index contributed by atoms with van der Waals surface area (Å²) in [6.45, 7) is 1.87. The van der Waals surface area contributed by atoms with Crippen LogP contribution < -0.4 is 5.32 Å². The lowest BCUT2D eigenvalue weighted by atomic mass is 9.98. The quantitative estimate of drug-likeness (QED) is 0.797. The molecule has 0 spiro atoms. The summed E-state index contributed by atoms with van der Waals surface area (Å²) in [6.07, 6.45) is 3.35. The minimum absolute atomic E-state index is 0.0135. The molecular formula is C11H18N2OS. The van der Waals surface area contributed by atoms with E-state index in [1.807, 2.05) is 18.7 Å². The van der Waals surface area contributed by atoms with Crippen molar-refractivity contribution in [1.29, 1.82) is 5.26 Å². The maximum Gasteiger partial charge on any atom is 0.220 e. The predicted octanol–water partition coefficient (Wildman–Crippen LogP) is 1.94. The molecule has 0 radical (unpaired) electrons.